The minimum absolute atomic E-state index is 0.127. The summed E-state index contributed by atoms with van der Waals surface area (Å²) in [6.45, 7) is 5.70. The van der Waals surface area contributed by atoms with Crippen LogP contribution in [0.25, 0.3) is 0 Å². The molecule has 0 aliphatic heterocycles. The molecule has 0 spiro atoms. The minimum Gasteiger partial charge on any atom is -0.352 e. The highest BCUT2D eigenvalue weighted by atomic mass is 16.2. The quantitative estimate of drug-likeness (QED) is 0.618. The van der Waals surface area contributed by atoms with Crippen LogP contribution in [-0.2, 0) is 9.59 Å². The van der Waals surface area contributed by atoms with Crippen molar-refractivity contribution in [3.8, 4) is 0 Å². The number of carbonyl (C=O) groups is 2. The average molecular weight is 241 g/mol. The summed E-state index contributed by atoms with van der Waals surface area (Å²) in [5.74, 6) is -0.0129. The van der Waals surface area contributed by atoms with Gasteiger partial charge in [0.15, 0.2) is 0 Å². The van der Waals surface area contributed by atoms with E-state index in [9.17, 15) is 9.59 Å². The predicted molar refractivity (Wildman–Crippen MR) is 66.2 cm³/mol. The summed E-state index contributed by atoms with van der Waals surface area (Å²) < 4.78 is 0. The molecule has 1 rings (SSSR count). The van der Waals surface area contributed by atoms with E-state index in [1.165, 1.54) is 0 Å². The Morgan fingerprint density at radius 1 is 1.24 bits per heavy atom. The van der Waals surface area contributed by atoms with Crippen LogP contribution >= 0.6 is 0 Å². The zero-order chi connectivity index (χ0) is 13.0. The number of rotatable bonds is 6. The van der Waals surface area contributed by atoms with Crippen LogP contribution in [0.3, 0.4) is 0 Å². The molecule has 0 aromatic rings. The first-order chi connectivity index (χ1) is 7.90. The lowest BCUT2D eigenvalue weighted by atomic mass is 10.0. The molecule has 5 heteroatoms. The fourth-order valence-corrected chi connectivity index (χ4v) is 1.55. The SMILES string of the molecule is CC(C)CC(N)C(=O)NC(C)C(=O)NC1CC1. The summed E-state index contributed by atoms with van der Waals surface area (Å²) in [6, 6.07) is -0.737. The largest absolute Gasteiger partial charge is 0.352 e. The van der Waals surface area contributed by atoms with E-state index in [0.29, 0.717) is 18.4 Å². The first-order valence-electron chi connectivity index (χ1n) is 6.26. The van der Waals surface area contributed by atoms with Crippen LogP contribution in [0.15, 0.2) is 0 Å². The standard InChI is InChI=1S/C12H23N3O2/c1-7(2)6-10(13)12(17)14-8(3)11(16)15-9-4-5-9/h7-10H,4-6,13H2,1-3H3,(H,14,17)(H,15,16). The third-order valence-corrected chi connectivity index (χ3v) is 2.74. The first kappa shape index (κ1) is 14.0. The van der Waals surface area contributed by atoms with Crippen molar-refractivity contribution in [1.82, 2.24) is 10.6 Å². The van der Waals surface area contributed by atoms with Gasteiger partial charge in [-0.1, -0.05) is 13.8 Å². The summed E-state index contributed by atoms with van der Waals surface area (Å²) in [5.41, 5.74) is 5.74. The predicted octanol–water partition coefficient (Wildman–Crippen LogP) is 0.143. The molecule has 0 heterocycles. The van der Waals surface area contributed by atoms with Crippen LogP contribution in [0.1, 0.15) is 40.0 Å². The molecule has 2 atom stereocenters. The van der Waals surface area contributed by atoms with E-state index < -0.39 is 12.1 Å². The van der Waals surface area contributed by atoms with Crippen molar-refractivity contribution < 1.29 is 9.59 Å². The van der Waals surface area contributed by atoms with Gasteiger partial charge in [-0.25, -0.2) is 0 Å². The normalized spacial score (nSPS) is 18.6. The van der Waals surface area contributed by atoms with Gasteiger partial charge in [-0.05, 0) is 32.1 Å². The smallest absolute Gasteiger partial charge is 0.242 e. The fraction of sp³-hybridized carbons (Fsp3) is 0.833. The maximum Gasteiger partial charge on any atom is 0.242 e. The maximum absolute atomic E-state index is 11.7. The zero-order valence-electron chi connectivity index (χ0n) is 10.8. The Kier molecular flexibility index (Phi) is 4.93. The van der Waals surface area contributed by atoms with Gasteiger partial charge in [0.2, 0.25) is 11.8 Å². The Morgan fingerprint density at radius 2 is 1.82 bits per heavy atom. The number of nitrogens with two attached hydrogens (primary N) is 1. The number of carbonyl (C=O) groups excluding carboxylic acids is 2. The molecular weight excluding hydrogens is 218 g/mol. The van der Waals surface area contributed by atoms with Crippen molar-refractivity contribution in [3.63, 3.8) is 0 Å². The molecule has 0 radical (unpaired) electrons. The van der Waals surface area contributed by atoms with Gasteiger partial charge in [-0.15, -0.1) is 0 Å². The van der Waals surface area contributed by atoms with Crippen LogP contribution in [0, 0.1) is 5.92 Å². The lowest BCUT2D eigenvalue weighted by Crippen LogP contribution is -2.50. The third kappa shape index (κ3) is 5.17. The molecule has 2 unspecified atom stereocenters. The van der Waals surface area contributed by atoms with E-state index in [-0.39, 0.29) is 11.8 Å². The number of hydrogen-bond acceptors (Lipinski definition) is 3. The number of nitrogens with one attached hydrogen (secondary N) is 2. The van der Waals surface area contributed by atoms with Crippen LogP contribution in [0.4, 0.5) is 0 Å². The first-order valence-corrected chi connectivity index (χ1v) is 6.26. The molecule has 17 heavy (non-hydrogen) atoms. The minimum atomic E-state index is -0.536. The van der Waals surface area contributed by atoms with Gasteiger partial charge in [0.1, 0.15) is 6.04 Å². The van der Waals surface area contributed by atoms with Gasteiger partial charge in [-0.2, -0.15) is 0 Å². The molecule has 1 aliphatic carbocycles. The molecule has 0 aromatic carbocycles. The number of hydrogen-bond donors (Lipinski definition) is 3. The molecule has 4 N–H and O–H groups in total. The highest BCUT2D eigenvalue weighted by Crippen LogP contribution is 2.18. The van der Waals surface area contributed by atoms with E-state index in [2.05, 4.69) is 10.6 Å². The van der Waals surface area contributed by atoms with Gasteiger partial charge < -0.3 is 16.4 Å². The Morgan fingerprint density at radius 3 is 2.29 bits per heavy atom. The second-order valence-electron chi connectivity index (χ2n) is 5.25. The van der Waals surface area contributed by atoms with Crippen molar-refractivity contribution in [1.29, 1.82) is 0 Å². The summed E-state index contributed by atoms with van der Waals surface area (Å²) in [5, 5.41) is 5.49. The maximum atomic E-state index is 11.7. The molecular formula is C12H23N3O2. The summed E-state index contributed by atoms with van der Waals surface area (Å²) in [4.78, 5) is 23.3. The van der Waals surface area contributed by atoms with E-state index in [4.69, 9.17) is 5.73 Å². The second-order valence-corrected chi connectivity index (χ2v) is 5.25. The molecule has 1 aliphatic rings. The highest BCUT2D eigenvalue weighted by Gasteiger charge is 2.27. The molecule has 0 saturated heterocycles. The van der Waals surface area contributed by atoms with Crippen molar-refractivity contribution in [3.05, 3.63) is 0 Å². The lowest BCUT2D eigenvalue weighted by molar-refractivity contribution is -0.129. The van der Waals surface area contributed by atoms with Crippen molar-refractivity contribution in [2.24, 2.45) is 11.7 Å². The Hall–Kier alpha value is -1.10. The van der Waals surface area contributed by atoms with E-state index in [1.54, 1.807) is 6.92 Å². The Bertz CT molecular complexity index is 287. The lowest BCUT2D eigenvalue weighted by Gasteiger charge is -2.18. The van der Waals surface area contributed by atoms with Crippen molar-refractivity contribution >= 4 is 11.8 Å². The highest BCUT2D eigenvalue weighted by molar-refractivity contribution is 5.89. The van der Waals surface area contributed by atoms with Gasteiger partial charge in [0.25, 0.3) is 0 Å². The third-order valence-electron chi connectivity index (χ3n) is 2.74. The fourth-order valence-electron chi connectivity index (χ4n) is 1.55. The van der Waals surface area contributed by atoms with Crippen LogP contribution in [0.5, 0.6) is 0 Å². The molecule has 98 valence electrons. The average Bonchev–Trinajstić information content (AvgIpc) is 3.00. The zero-order valence-corrected chi connectivity index (χ0v) is 10.8. The topological polar surface area (TPSA) is 84.2 Å². The van der Waals surface area contributed by atoms with E-state index >= 15 is 0 Å². The van der Waals surface area contributed by atoms with Crippen molar-refractivity contribution in [2.45, 2.75) is 58.2 Å². The summed E-state index contributed by atoms with van der Waals surface area (Å²) in [7, 11) is 0. The molecule has 0 aromatic heterocycles. The molecule has 1 saturated carbocycles. The van der Waals surface area contributed by atoms with Crippen molar-refractivity contribution in [2.75, 3.05) is 0 Å². The molecule has 1 fully saturated rings. The Balaban J connectivity index is 2.30. The summed E-state index contributed by atoms with van der Waals surface area (Å²) >= 11 is 0. The van der Waals surface area contributed by atoms with Gasteiger partial charge in [-0.3, -0.25) is 9.59 Å². The van der Waals surface area contributed by atoms with Gasteiger partial charge in [0, 0.05) is 6.04 Å². The van der Waals surface area contributed by atoms with Crippen LogP contribution < -0.4 is 16.4 Å². The monoisotopic (exact) mass is 241 g/mol. The Labute approximate surface area is 103 Å². The second kappa shape index (κ2) is 6.00. The number of amides is 2. The van der Waals surface area contributed by atoms with E-state index in [1.807, 2.05) is 13.8 Å². The van der Waals surface area contributed by atoms with Crippen LogP contribution in [-0.4, -0.2) is 29.9 Å². The summed E-state index contributed by atoms with van der Waals surface area (Å²) in [6.07, 6.45) is 2.71. The van der Waals surface area contributed by atoms with Gasteiger partial charge >= 0.3 is 0 Å². The van der Waals surface area contributed by atoms with Crippen LogP contribution in [0.2, 0.25) is 0 Å². The van der Waals surface area contributed by atoms with E-state index in [0.717, 1.165) is 12.8 Å². The van der Waals surface area contributed by atoms with Gasteiger partial charge in [0.05, 0.1) is 6.04 Å². The molecule has 0 bridgehead atoms. The molecule has 2 amide bonds. The molecule has 5 nitrogen and oxygen atoms in total.